The molecule has 21 heavy (non-hydrogen) atoms. The van der Waals surface area contributed by atoms with Crippen molar-refractivity contribution in [2.24, 2.45) is 0 Å². The van der Waals surface area contributed by atoms with E-state index in [0.29, 0.717) is 13.1 Å². The Labute approximate surface area is 126 Å². The van der Waals surface area contributed by atoms with Crippen molar-refractivity contribution in [2.75, 3.05) is 20.3 Å². The summed E-state index contributed by atoms with van der Waals surface area (Å²) in [5.74, 6) is 0.873. The molecule has 0 fully saturated rings. The summed E-state index contributed by atoms with van der Waals surface area (Å²) in [7, 11) is 1.68. The van der Waals surface area contributed by atoms with Crippen molar-refractivity contribution < 1.29 is 9.84 Å². The summed E-state index contributed by atoms with van der Waals surface area (Å²) < 4.78 is 5.39. The van der Waals surface area contributed by atoms with Crippen LogP contribution in [0.5, 0.6) is 5.75 Å². The predicted octanol–water partition coefficient (Wildman–Crippen LogP) is 2.39. The molecule has 2 rings (SSSR count). The number of para-hydroxylation sites is 1. The first-order chi connectivity index (χ1) is 10.2. The number of aliphatic hydroxyl groups is 1. The van der Waals surface area contributed by atoms with Crippen molar-refractivity contribution in [1.29, 1.82) is 0 Å². The SMILES string of the molecule is COc1ccccc1CN(CCO)Cc1ncccc1C. The maximum Gasteiger partial charge on any atom is 0.123 e. The van der Waals surface area contributed by atoms with Gasteiger partial charge in [-0.3, -0.25) is 9.88 Å². The molecular weight excluding hydrogens is 264 g/mol. The number of aliphatic hydroxyl groups excluding tert-OH is 1. The Morgan fingerprint density at radius 3 is 2.67 bits per heavy atom. The number of benzene rings is 1. The minimum Gasteiger partial charge on any atom is -0.496 e. The van der Waals surface area contributed by atoms with Gasteiger partial charge >= 0.3 is 0 Å². The van der Waals surface area contributed by atoms with Crippen LogP contribution < -0.4 is 4.74 Å². The molecule has 112 valence electrons. The van der Waals surface area contributed by atoms with Crippen LogP contribution in [0.25, 0.3) is 0 Å². The average Bonchev–Trinajstić information content (AvgIpc) is 2.50. The van der Waals surface area contributed by atoms with E-state index < -0.39 is 0 Å². The molecule has 0 aliphatic rings. The fourth-order valence-corrected chi connectivity index (χ4v) is 2.33. The van der Waals surface area contributed by atoms with Crippen molar-refractivity contribution in [3.8, 4) is 5.75 Å². The molecule has 4 heteroatoms. The molecule has 1 N–H and O–H groups in total. The Balaban J connectivity index is 2.14. The molecular formula is C17H22N2O2. The van der Waals surface area contributed by atoms with Gasteiger partial charge in [-0.25, -0.2) is 0 Å². The summed E-state index contributed by atoms with van der Waals surface area (Å²) in [4.78, 5) is 6.60. The first-order valence-electron chi connectivity index (χ1n) is 7.10. The normalized spacial score (nSPS) is 10.9. The van der Waals surface area contributed by atoms with E-state index in [1.807, 2.05) is 30.5 Å². The third-order valence-corrected chi connectivity index (χ3v) is 3.49. The second kappa shape index (κ2) is 7.76. The van der Waals surface area contributed by atoms with Crippen LogP contribution in [0, 0.1) is 6.92 Å². The molecule has 4 nitrogen and oxygen atoms in total. The van der Waals surface area contributed by atoms with Gasteiger partial charge in [0.15, 0.2) is 0 Å². The Morgan fingerprint density at radius 2 is 1.95 bits per heavy atom. The number of nitrogens with zero attached hydrogens (tertiary/aromatic N) is 2. The zero-order valence-electron chi connectivity index (χ0n) is 12.6. The summed E-state index contributed by atoms with van der Waals surface area (Å²) in [5.41, 5.74) is 3.32. The number of aryl methyl sites for hydroxylation is 1. The second-order valence-electron chi connectivity index (χ2n) is 5.01. The lowest BCUT2D eigenvalue weighted by atomic mass is 10.1. The predicted molar refractivity (Wildman–Crippen MR) is 83.2 cm³/mol. The fraction of sp³-hybridized carbons (Fsp3) is 0.353. The fourth-order valence-electron chi connectivity index (χ4n) is 2.33. The quantitative estimate of drug-likeness (QED) is 0.849. The van der Waals surface area contributed by atoms with Crippen molar-refractivity contribution in [3.63, 3.8) is 0 Å². The summed E-state index contributed by atoms with van der Waals surface area (Å²) >= 11 is 0. The van der Waals surface area contributed by atoms with Gasteiger partial charge < -0.3 is 9.84 Å². The smallest absolute Gasteiger partial charge is 0.123 e. The number of rotatable bonds is 7. The number of ether oxygens (including phenoxy) is 1. The molecule has 0 unspecified atom stereocenters. The maximum atomic E-state index is 9.30. The molecule has 0 bridgehead atoms. The lowest BCUT2D eigenvalue weighted by Gasteiger charge is -2.22. The van der Waals surface area contributed by atoms with Gasteiger partial charge in [-0.1, -0.05) is 24.3 Å². The van der Waals surface area contributed by atoms with Crippen LogP contribution in [-0.2, 0) is 13.1 Å². The van der Waals surface area contributed by atoms with Crippen LogP contribution in [-0.4, -0.2) is 35.3 Å². The first kappa shape index (κ1) is 15.5. The summed E-state index contributed by atoms with van der Waals surface area (Å²) in [6.45, 7) is 4.23. The highest BCUT2D eigenvalue weighted by Gasteiger charge is 2.11. The molecule has 1 aromatic carbocycles. The summed E-state index contributed by atoms with van der Waals surface area (Å²) in [6.07, 6.45) is 1.81. The van der Waals surface area contributed by atoms with Crippen molar-refractivity contribution >= 4 is 0 Å². The van der Waals surface area contributed by atoms with Crippen LogP contribution in [0.3, 0.4) is 0 Å². The Kier molecular flexibility index (Phi) is 5.72. The first-order valence-corrected chi connectivity index (χ1v) is 7.10. The standard InChI is InChI=1S/C17H22N2O2/c1-14-6-5-9-18-16(14)13-19(10-11-20)12-15-7-3-4-8-17(15)21-2/h3-9,20H,10-13H2,1-2H3. The highest BCUT2D eigenvalue weighted by atomic mass is 16.5. The molecule has 0 spiro atoms. The molecule has 2 aromatic rings. The molecule has 0 saturated carbocycles. The molecule has 0 saturated heterocycles. The van der Waals surface area contributed by atoms with E-state index in [9.17, 15) is 5.11 Å². The lowest BCUT2D eigenvalue weighted by Crippen LogP contribution is -2.27. The third kappa shape index (κ3) is 4.28. The molecule has 1 heterocycles. The second-order valence-corrected chi connectivity index (χ2v) is 5.01. The van der Waals surface area contributed by atoms with Gasteiger partial charge in [-0.05, 0) is 24.6 Å². The van der Waals surface area contributed by atoms with Crippen LogP contribution >= 0.6 is 0 Å². The van der Waals surface area contributed by atoms with Crippen molar-refractivity contribution in [1.82, 2.24) is 9.88 Å². The van der Waals surface area contributed by atoms with Gasteiger partial charge in [-0.15, -0.1) is 0 Å². The number of hydrogen-bond acceptors (Lipinski definition) is 4. The van der Waals surface area contributed by atoms with Crippen LogP contribution in [0.2, 0.25) is 0 Å². The zero-order valence-corrected chi connectivity index (χ0v) is 12.6. The van der Waals surface area contributed by atoms with E-state index in [1.54, 1.807) is 7.11 Å². The largest absolute Gasteiger partial charge is 0.496 e. The molecule has 1 aromatic heterocycles. The average molecular weight is 286 g/mol. The van der Waals surface area contributed by atoms with Crippen molar-refractivity contribution in [3.05, 3.63) is 59.4 Å². The van der Waals surface area contributed by atoms with Crippen molar-refractivity contribution in [2.45, 2.75) is 20.0 Å². The number of hydrogen-bond donors (Lipinski definition) is 1. The van der Waals surface area contributed by atoms with Crippen LogP contribution in [0.4, 0.5) is 0 Å². The van der Waals surface area contributed by atoms with E-state index in [1.165, 1.54) is 5.56 Å². The van der Waals surface area contributed by atoms with E-state index in [2.05, 4.69) is 28.9 Å². The third-order valence-electron chi connectivity index (χ3n) is 3.49. The van der Waals surface area contributed by atoms with E-state index in [-0.39, 0.29) is 6.61 Å². The molecule has 0 amide bonds. The minimum atomic E-state index is 0.126. The Bertz CT molecular complexity index is 572. The molecule has 0 atom stereocenters. The number of pyridine rings is 1. The van der Waals surface area contributed by atoms with E-state index in [4.69, 9.17) is 4.74 Å². The van der Waals surface area contributed by atoms with Gasteiger partial charge in [0.25, 0.3) is 0 Å². The zero-order chi connectivity index (χ0) is 15.1. The van der Waals surface area contributed by atoms with Gasteiger partial charge in [0, 0.05) is 31.4 Å². The number of aromatic nitrogens is 1. The van der Waals surface area contributed by atoms with E-state index >= 15 is 0 Å². The van der Waals surface area contributed by atoms with Gasteiger partial charge in [0.05, 0.1) is 19.4 Å². The monoisotopic (exact) mass is 286 g/mol. The highest BCUT2D eigenvalue weighted by molar-refractivity contribution is 5.33. The Hall–Kier alpha value is -1.91. The topological polar surface area (TPSA) is 45.6 Å². The molecule has 0 aliphatic heterocycles. The molecule has 0 aliphatic carbocycles. The summed E-state index contributed by atoms with van der Waals surface area (Å²) in [5, 5.41) is 9.30. The lowest BCUT2D eigenvalue weighted by molar-refractivity contribution is 0.181. The van der Waals surface area contributed by atoms with Gasteiger partial charge in [-0.2, -0.15) is 0 Å². The van der Waals surface area contributed by atoms with Gasteiger partial charge in [0.2, 0.25) is 0 Å². The van der Waals surface area contributed by atoms with E-state index in [0.717, 1.165) is 23.6 Å². The maximum absolute atomic E-state index is 9.30. The van der Waals surface area contributed by atoms with Crippen LogP contribution in [0.1, 0.15) is 16.8 Å². The highest BCUT2D eigenvalue weighted by Crippen LogP contribution is 2.20. The Morgan fingerprint density at radius 1 is 1.14 bits per heavy atom. The number of methoxy groups -OCH3 is 1. The minimum absolute atomic E-state index is 0.126. The van der Waals surface area contributed by atoms with Gasteiger partial charge in [0.1, 0.15) is 5.75 Å². The summed E-state index contributed by atoms with van der Waals surface area (Å²) in [6, 6.07) is 12.0. The molecule has 0 radical (unpaired) electrons. The van der Waals surface area contributed by atoms with Crippen LogP contribution in [0.15, 0.2) is 42.6 Å².